The molecule has 0 fully saturated rings. The van der Waals surface area contributed by atoms with Gasteiger partial charge in [-0.15, -0.1) is 0 Å². The molecular weight excluding hydrogens is 411 g/mol. The lowest BCUT2D eigenvalue weighted by Gasteiger charge is -2.02. The van der Waals surface area contributed by atoms with Crippen LogP contribution in [0.2, 0.25) is 5.22 Å². The summed E-state index contributed by atoms with van der Waals surface area (Å²) in [5.41, 5.74) is 0. The molecule has 142 valence electrons. The zero-order valence-electron chi connectivity index (χ0n) is 12.3. The van der Waals surface area contributed by atoms with Gasteiger partial charge in [-0.25, -0.2) is 4.79 Å². The van der Waals surface area contributed by atoms with Crippen molar-refractivity contribution in [2.45, 2.75) is 12.6 Å². The molecule has 25 heavy (non-hydrogen) atoms. The highest BCUT2D eigenvalue weighted by molar-refractivity contribution is 8.76. The summed E-state index contributed by atoms with van der Waals surface area (Å²) in [6.07, 6.45) is -4.94. The van der Waals surface area contributed by atoms with Crippen molar-refractivity contribution in [2.24, 2.45) is 0 Å². The Bertz CT molecular complexity index is 581. The van der Waals surface area contributed by atoms with Gasteiger partial charge in [0.25, 0.3) is 5.91 Å². The van der Waals surface area contributed by atoms with Crippen molar-refractivity contribution in [3.8, 4) is 0 Å². The van der Waals surface area contributed by atoms with Crippen LogP contribution in [0, 0.1) is 0 Å². The monoisotopic (exact) mass is 423 g/mol. The fourth-order valence-electron chi connectivity index (χ4n) is 0.976. The summed E-state index contributed by atoms with van der Waals surface area (Å²) in [5.74, 6) is -2.42. The van der Waals surface area contributed by atoms with Gasteiger partial charge in [0.1, 0.15) is 0 Å². The Morgan fingerprint density at radius 3 is 2.16 bits per heavy atom. The first kappa shape index (κ1) is 23.5. The fourth-order valence-corrected chi connectivity index (χ4v) is 3.01. The van der Waals surface area contributed by atoms with E-state index in [9.17, 15) is 22.8 Å². The summed E-state index contributed by atoms with van der Waals surface area (Å²) in [4.78, 5) is 30.6. The molecule has 0 aliphatic heterocycles. The van der Waals surface area contributed by atoms with E-state index in [1.807, 2.05) is 0 Å². The normalized spacial score (nSPS) is 10.6. The molecule has 0 radical (unpaired) electrons. The van der Waals surface area contributed by atoms with E-state index in [1.54, 1.807) is 0 Å². The van der Waals surface area contributed by atoms with Gasteiger partial charge < -0.3 is 19.9 Å². The smallest absolute Gasteiger partial charge is 0.481 e. The number of rotatable bonds is 8. The minimum absolute atomic E-state index is 0.148. The van der Waals surface area contributed by atoms with Crippen molar-refractivity contribution in [3.05, 3.63) is 23.1 Å². The molecule has 1 amide bonds. The van der Waals surface area contributed by atoms with E-state index in [0.717, 1.165) is 0 Å². The maximum Gasteiger partial charge on any atom is 0.490 e. The number of carbonyl (C=O) groups is 3. The molecule has 3 N–H and O–H groups in total. The molecule has 0 aliphatic carbocycles. The van der Waals surface area contributed by atoms with E-state index in [4.69, 9.17) is 31.0 Å². The van der Waals surface area contributed by atoms with E-state index in [-0.39, 0.29) is 23.3 Å². The summed E-state index contributed by atoms with van der Waals surface area (Å²) in [6.45, 7) is 0.488. The highest BCUT2D eigenvalue weighted by Gasteiger charge is 2.38. The number of carbonyl (C=O) groups excluding carboxylic acids is 1. The predicted octanol–water partition coefficient (Wildman–Crippen LogP) is 3.15. The zero-order valence-corrected chi connectivity index (χ0v) is 14.7. The van der Waals surface area contributed by atoms with Crippen LogP contribution in [0.5, 0.6) is 0 Å². The number of carboxylic acid groups (broad SMARTS) is 2. The van der Waals surface area contributed by atoms with Gasteiger partial charge in [0.15, 0.2) is 11.0 Å². The zero-order chi connectivity index (χ0) is 19.5. The van der Waals surface area contributed by atoms with Crippen molar-refractivity contribution < 1.29 is 42.2 Å². The third kappa shape index (κ3) is 12.5. The van der Waals surface area contributed by atoms with Gasteiger partial charge in [0.2, 0.25) is 0 Å². The summed E-state index contributed by atoms with van der Waals surface area (Å²) in [5, 5.41) is 18.4. The Morgan fingerprint density at radius 2 is 1.72 bits per heavy atom. The third-order valence-corrected chi connectivity index (χ3v) is 4.60. The average Bonchev–Trinajstić information content (AvgIpc) is 2.92. The SMILES string of the molecule is O=C(O)C(F)(F)F.O=C(O)CCSSCCNC(=O)c1ccc(Cl)o1. The van der Waals surface area contributed by atoms with Gasteiger partial charge >= 0.3 is 18.1 Å². The van der Waals surface area contributed by atoms with Crippen LogP contribution in [0.3, 0.4) is 0 Å². The van der Waals surface area contributed by atoms with E-state index >= 15 is 0 Å². The van der Waals surface area contributed by atoms with Crippen molar-refractivity contribution in [2.75, 3.05) is 18.1 Å². The molecule has 0 aliphatic rings. The molecule has 0 bridgehead atoms. The average molecular weight is 424 g/mol. The third-order valence-electron chi connectivity index (χ3n) is 1.99. The van der Waals surface area contributed by atoms with Crippen LogP contribution >= 0.6 is 33.2 Å². The lowest BCUT2D eigenvalue weighted by Crippen LogP contribution is -2.25. The van der Waals surface area contributed by atoms with Crippen LogP contribution in [-0.4, -0.2) is 52.3 Å². The fraction of sp³-hybridized carbons (Fsp3) is 0.417. The standard InChI is InChI=1S/C10H12ClNO4S2.C2HF3O2/c11-8-2-1-7(16-8)10(15)12-4-6-18-17-5-3-9(13)14;3-2(4,5)1(6)7/h1-2H,3-6H2,(H,12,15)(H,13,14);(H,6,7). The van der Waals surface area contributed by atoms with Gasteiger partial charge in [0, 0.05) is 18.1 Å². The summed E-state index contributed by atoms with van der Waals surface area (Å²) in [7, 11) is 2.99. The number of amides is 1. The Labute approximate surface area is 152 Å². The summed E-state index contributed by atoms with van der Waals surface area (Å²) >= 11 is 5.55. The second-order valence-electron chi connectivity index (χ2n) is 3.95. The minimum atomic E-state index is -5.08. The van der Waals surface area contributed by atoms with Crippen LogP contribution in [-0.2, 0) is 9.59 Å². The van der Waals surface area contributed by atoms with Crippen molar-refractivity contribution in [1.82, 2.24) is 5.32 Å². The van der Waals surface area contributed by atoms with Gasteiger partial charge in [0.05, 0.1) is 6.42 Å². The Hall–Kier alpha value is -1.53. The van der Waals surface area contributed by atoms with Crippen LogP contribution in [0.15, 0.2) is 16.5 Å². The molecule has 1 heterocycles. The summed E-state index contributed by atoms with van der Waals surface area (Å²) < 4.78 is 36.7. The van der Waals surface area contributed by atoms with Gasteiger partial charge in [-0.3, -0.25) is 9.59 Å². The molecule has 7 nitrogen and oxygen atoms in total. The molecule has 0 atom stereocenters. The van der Waals surface area contributed by atoms with E-state index < -0.39 is 18.1 Å². The van der Waals surface area contributed by atoms with E-state index in [0.29, 0.717) is 18.1 Å². The van der Waals surface area contributed by atoms with E-state index in [1.165, 1.54) is 33.7 Å². The molecule has 1 aromatic rings. The molecule has 1 aromatic heterocycles. The number of alkyl halides is 3. The first-order chi connectivity index (χ1) is 11.5. The van der Waals surface area contributed by atoms with Gasteiger partial charge in [-0.05, 0) is 23.7 Å². The molecule has 13 heteroatoms. The maximum atomic E-state index is 11.5. The Balaban J connectivity index is 0.000000697. The molecule has 0 saturated heterocycles. The number of hydrogen-bond donors (Lipinski definition) is 3. The van der Waals surface area contributed by atoms with Crippen LogP contribution in [0.4, 0.5) is 13.2 Å². The van der Waals surface area contributed by atoms with Crippen molar-refractivity contribution in [3.63, 3.8) is 0 Å². The first-order valence-corrected chi connectivity index (χ1v) is 9.20. The summed E-state index contributed by atoms with van der Waals surface area (Å²) in [6, 6.07) is 3.01. The second kappa shape index (κ2) is 11.9. The lowest BCUT2D eigenvalue weighted by atomic mass is 10.4. The Morgan fingerprint density at radius 1 is 1.16 bits per heavy atom. The molecule has 0 spiro atoms. The number of furan rings is 1. The number of hydrogen-bond acceptors (Lipinski definition) is 6. The number of carboxylic acids is 2. The maximum absolute atomic E-state index is 11.5. The van der Waals surface area contributed by atoms with Crippen LogP contribution in [0.25, 0.3) is 0 Å². The quantitative estimate of drug-likeness (QED) is 0.431. The van der Waals surface area contributed by atoms with Gasteiger partial charge in [-0.2, -0.15) is 13.2 Å². The molecule has 0 aromatic carbocycles. The largest absolute Gasteiger partial charge is 0.490 e. The minimum Gasteiger partial charge on any atom is -0.481 e. The predicted molar refractivity (Wildman–Crippen MR) is 86.9 cm³/mol. The second-order valence-corrected chi connectivity index (χ2v) is 7.02. The topological polar surface area (TPSA) is 117 Å². The first-order valence-electron chi connectivity index (χ1n) is 6.34. The molecule has 0 unspecified atom stereocenters. The van der Waals surface area contributed by atoms with E-state index in [2.05, 4.69) is 5.32 Å². The number of nitrogens with one attached hydrogen (secondary N) is 1. The van der Waals surface area contributed by atoms with Crippen LogP contribution < -0.4 is 5.32 Å². The molecular formula is C12H13ClF3NO6S2. The van der Waals surface area contributed by atoms with Gasteiger partial charge in [-0.1, -0.05) is 21.6 Å². The highest BCUT2D eigenvalue weighted by Crippen LogP contribution is 2.21. The van der Waals surface area contributed by atoms with Crippen molar-refractivity contribution in [1.29, 1.82) is 0 Å². The number of halogens is 4. The molecule has 1 rings (SSSR count). The van der Waals surface area contributed by atoms with Crippen molar-refractivity contribution >= 4 is 51.0 Å². The lowest BCUT2D eigenvalue weighted by molar-refractivity contribution is -0.192. The van der Waals surface area contributed by atoms with Crippen LogP contribution in [0.1, 0.15) is 17.0 Å². The number of aliphatic carboxylic acids is 2. The highest BCUT2D eigenvalue weighted by atomic mass is 35.5. The Kier molecular flexibility index (Phi) is 11.2. The molecule has 0 saturated carbocycles.